The van der Waals surface area contributed by atoms with Gasteiger partial charge in [-0.05, 0) is 38.7 Å². The highest BCUT2D eigenvalue weighted by atomic mass is 15.2. The van der Waals surface area contributed by atoms with E-state index in [4.69, 9.17) is 5.73 Å². The second-order valence-corrected chi connectivity index (χ2v) is 5.45. The molecule has 0 spiro atoms. The molecular weight excluding hydrogens is 236 g/mol. The van der Waals surface area contributed by atoms with Crippen molar-refractivity contribution in [3.05, 3.63) is 30.6 Å². The Balaban J connectivity index is 2.00. The van der Waals surface area contributed by atoms with E-state index in [0.717, 1.165) is 24.2 Å². The molecule has 0 bridgehead atoms. The van der Waals surface area contributed by atoms with Gasteiger partial charge in [0.05, 0.1) is 0 Å². The largest absolute Gasteiger partial charge is 0.398 e. The zero-order valence-electron chi connectivity index (χ0n) is 11.5. The van der Waals surface area contributed by atoms with Crippen molar-refractivity contribution in [3.63, 3.8) is 0 Å². The van der Waals surface area contributed by atoms with Crippen molar-refractivity contribution in [3.8, 4) is 0 Å². The van der Waals surface area contributed by atoms with Crippen molar-refractivity contribution in [2.45, 2.75) is 12.5 Å². The molecule has 2 N–H and O–H groups in total. The van der Waals surface area contributed by atoms with Gasteiger partial charge in [-0.3, -0.25) is 4.98 Å². The number of pyridine rings is 1. The van der Waals surface area contributed by atoms with E-state index >= 15 is 0 Å². The van der Waals surface area contributed by atoms with E-state index in [-0.39, 0.29) is 0 Å². The van der Waals surface area contributed by atoms with Crippen LogP contribution in [0.5, 0.6) is 0 Å². The van der Waals surface area contributed by atoms with E-state index in [0.29, 0.717) is 6.04 Å². The Morgan fingerprint density at radius 1 is 1.26 bits per heavy atom. The molecule has 2 aromatic rings. The van der Waals surface area contributed by atoms with E-state index in [2.05, 4.69) is 41.0 Å². The van der Waals surface area contributed by atoms with Crippen LogP contribution in [0.1, 0.15) is 6.42 Å². The van der Waals surface area contributed by atoms with Gasteiger partial charge in [0.1, 0.15) is 0 Å². The molecular formula is C15H20N4. The van der Waals surface area contributed by atoms with Crippen LogP contribution in [0, 0.1) is 0 Å². The molecule has 4 nitrogen and oxygen atoms in total. The van der Waals surface area contributed by atoms with Gasteiger partial charge in [0.25, 0.3) is 0 Å². The number of rotatable bonds is 2. The van der Waals surface area contributed by atoms with E-state index in [9.17, 15) is 0 Å². The van der Waals surface area contributed by atoms with Gasteiger partial charge in [0.15, 0.2) is 0 Å². The Kier molecular flexibility index (Phi) is 3.03. The minimum absolute atomic E-state index is 0.634. The summed E-state index contributed by atoms with van der Waals surface area (Å²) in [5, 5.41) is 2.25. The molecule has 19 heavy (non-hydrogen) atoms. The van der Waals surface area contributed by atoms with Crippen LogP contribution in [0.25, 0.3) is 10.8 Å². The number of aromatic nitrogens is 1. The van der Waals surface area contributed by atoms with Crippen molar-refractivity contribution >= 4 is 22.1 Å². The standard InChI is InChI=1S/C15H20N4/c1-18(2)11-6-8-19(10-11)15-4-3-14(16)13-9-17-7-5-12(13)15/h3-5,7,9,11H,6,8,10,16H2,1-2H3. The molecule has 1 aromatic carbocycles. The zero-order valence-corrected chi connectivity index (χ0v) is 11.5. The van der Waals surface area contributed by atoms with E-state index in [1.165, 1.54) is 17.5 Å². The van der Waals surface area contributed by atoms with Crippen LogP contribution >= 0.6 is 0 Å². The molecule has 0 aliphatic carbocycles. The van der Waals surface area contributed by atoms with Crippen LogP contribution in [0.3, 0.4) is 0 Å². The molecule has 1 fully saturated rings. The SMILES string of the molecule is CN(C)C1CCN(c2ccc(N)c3cnccc23)C1. The van der Waals surface area contributed by atoms with Crippen LogP contribution in [-0.4, -0.2) is 43.1 Å². The number of nitrogen functional groups attached to an aromatic ring is 1. The summed E-state index contributed by atoms with van der Waals surface area (Å²) in [4.78, 5) is 8.94. The molecule has 0 radical (unpaired) electrons. The fourth-order valence-corrected chi connectivity index (χ4v) is 2.85. The second-order valence-electron chi connectivity index (χ2n) is 5.45. The molecule has 1 unspecified atom stereocenters. The topological polar surface area (TPSA) is 45.4 Å². The number of nitrogens with zero attached hydrogens (tertiary/aromatic N) is 3. The maximum absolute atomic E-state index is 6.03. The van der Waals surface area contributed by atoms with Gasteiger partial charge >= 0.3 is 0 Å². The van der Waals surface area contributed by atoms with E-state index < -0.39 is 0 Å². The first-order valence-corrected chi connectivity index (χ1v) is 6.70. The highest BCUT2D eigenvalue weighted by Crippen LogP contribution is 2.32. The minimum atomic E-state index is 0.634. The average molecular weight is 256 g/mol. The maximum Gasteiger partial charge on any atom is 0.0449 e. The van der Waals surface area contributed by atoms with Crippen LogP contribution in [-0.2, 0) is 0 Å². The molecule has 3 rings (SSSR count). The molecule has 2 heterocycles. The molecule has 4 heteroatoms. The number of fused-ring (bicyclic) bond motifs is 1. The Labute approximate surface area is 113 Å². The Bertz CT molecular complexity index is 594. The third kappa shape index (κ3) is 2.12. The lowest BCUT2D eigenvalue weighted by atomic mass is 10.1. The Hall–Kier alpha value is -1.81. The van der Waals surface area contributed by atoms with Gasteiger partial charge in [0, 0.05) is 53.7 Å². The zero-order chi connectivity index (χ0) is 13.4. The van der Waals surface area contributed by atoms with Crippen molar-refractivity contribution < 1.29 is 0 Å². The summed E-state index contributed by atoms with van der Waals surface area (Å²) in [6.45, 7) is 2.18. The molecule has 1 aliphatic rings. The number of nitrogens with two attached hydrogens (primary N) is 1. The second kappa shape index (κ2) is 4.70. The lowest BCUT2D eigenvalue weighted by Gasteiger charge is -2.23. The van der Waals surface area contributed by atoms with Gasteiger partial charge in [0.2, 0.25) is 0 Å². The predicted octanol–water partition coefficient (Wildman–Crippen LogP) is 1.96. The smallest absolute Gasteiger partial charge is 0.0449 e. The van der Waals surface area contributed by atoms with E-state index in [1.54, 1.807) is 0 Å². The fraction of sp³-hybridized carbons (Fsp3) is 0.400. The molecule has 1 saturated heterocycles. The van der Waals surface area contributed by atoms with Crippen LogP contribution in [0.15, 0.2) is 30.6 Å². The Morgan fingerprint density at radius 2 is 2.11 bits per heavy atom. The Morgan fingerprint density at radius 3 is 2.84 bits per heavy atom. The molecule has 0 saturated carbocycles. The average Bonchev–Trinajstić information content (AvgIpc) is 2.89. The first-order valence-electron chi connectivity index (χ1n) is 6.70. The third-order valence-electron chi connectivity index (χ3n) is 4.06. The van der Waals surface area contributed by atoms with Gasteiger partial charge in [-0.2, -0.15) is 0 Å². The summed E-state index contributed by atoms with van der Waals surface area (Å²) < 4.78 is 0. The van der Waals surface area contributed by atoms with Crippen LogP contribution in [0.4, 0.5) is 11.4 Å². The number of hydrogen-bond donors (Lipinski definition) is 1. The van der Waals surface area contributed by atoms with Crippen LogP contribution in [0.2, 0.25) is 0 Å². The molecule has 1 aliphatic heterocycles. The fourth-order valence-electron chi connectivity index (χ4n) is 2.85. The third-order valence-corrected chi connectivity index (χ3v) is 4.06. The minimum Gasteiger partial charge on any atom is -0.398 e. The van der Waals surface area contributed by atoms with Crippen molar-refractivity contribution in [2.75, 3.05) is 37.8 Å². The highest BCUT2D eigenvalue weighted by Gasteiger charge is 2.25. The summed E-state index contributed by atoms with van der Waals surface area (Å²) in [7, 11) is 4.30. The van der Waals surface area contributed by atoms with Gasteiger partial charge in [-0.25, -0.2) is 0 Å². The number of benzene rings is 1. The first-order chi connectivity index (χ1) is 9.16. The quantitative estimate of drug-likeness (QED) is 0.834. The summed E-state index contributed by atoms with van der Waals surface area (Å²) >= 11 is 0. The van der Waals surface area contributed by atoms with Crippen molar-refractivity contribution in [1.82, 2.24) is 9.88 Å². The van der Waals surface area contributed by atoms with Gasteiger partial charge in [-0.1, -0.05) is 0 Å². The number of anilines is 2. The number of hydrogen-bond acceptors (Lipinski definition) is 4. The van der Waals surface area contributed by atoms with Crippen LogP contribution < -0.4 is 10.6 Å². The molecule has 100 valence electrons. The normalized spacial score (nSPS) is 19.5. The van der Waals surface area contributed by atoms with Crippen molar-refractivity contribution in [2.24, 2.45) is 0 Å². The molecule has 0 amide bonds. The summed E-state index contributed by atoms with van der Waals surface area (Å²) in [5.74, 6) is 0. The lowest BCUT2D eigenvalue weighted by molar-refractivity contribution is 0.315. The van der Waals surface area contributed by atoms with E-state index in [1.807, 2.05) is 18.5 Å². The van der Waals surface area contributed by atoms with Gasteiger partial charge in [-0.15, -0.1) is 0 Å². The molecule has 1 aromatic heterocycles. The summed E-state index contributed by atoms with van der Waals surface area (Å²) in [6.07, 6.45) is 4.91. The highest BCUT2D eigenvalue weighted by molar-refractivity contribution is 6.00. The first kappa shape index (κ1) is 12.2. The summed E-state index contributed by atoms with van der Waals surface area (Å²) in [6, 6.07) is 6.82. The number of likely N-dealkylation sites (N-methyl/N-ethyl adjacent to an activating group) is 1. The van der Waals surface area contributed by atoms with Gasteiger partial charge < -0.3 is 15.5 Å². The maximum atomic E-state index is 6.03. The summed E-state index contributed by atoms with van der Waals surface area (Å²) in [5.41, 5.74) is 8.11. The lowest BCUT2D eigenvalue weighted by Crippen LogP contribution is -2.31. The molecule has 1 atom stereocenters. The monoisotopic (exact) mass is 256 g/mol. The predicted molar refractivity (Wildman–Crippen MR) is 80.5 cm³/mol. The van der Waals surface area contributed by atoms with Crippen molar-refractivity contribution in [1.29, 1.82) is 0 Å².